The van der Waals surface area contributed by atoms with E-state index in [-0.39, 0.29) is 63.0 Å². The molecule has 0 aromatic rings. The maximum Gasteiger partial charge on any atom is 0.373 e. The van der Waals surface area contributed by atoms with Crippen LogP contribution in [0.1, 0.15) is 101 Å². The Morgan fingerprint density at radius 2 is 1.50 bits per heavy atom. The summed E-state index contributed by atoms with van der Waals surface area (Å²) < 4.78 is 19.0. The lowest BCUT2D eigenvalue weighted by atomic mass is 9.49. The fraction of sp³-hybridized carbons (Fsp3) is 0.833. The van der Waals surface area contributed by atoms with Crippen molar-refractivity contribution < 1.29 is 28.3 Å². The Kier molecular flexibility index (Phi) is 10.8. The summed E-state index contributed by atoms with van der Waals surface area (Å²) in [6.07, 6.45) is 4.80. The number of fused-ring (bicyclic) bond motifs is 1. The van der Waals surface area contributed by atoms with E-state index in [1.807, 2.05) is 0 Å². The summed E-state index contributed by atoms with van der Waals surface area (Å²) in [5, 5.41) is 11.2. The van der Waals surface area contributed by atoms with Crippen LogP contribution in [0.25, 0.3) is 0 Å². The molecule has 6 nitrogen and oxygen atoms in total. The molecule has 0 saturated heterocycles. The molecule has 1 N–H and O–H groups in total. The van der Waals surface area contributed by atoms with E-state index < -0.39 is 28.4 Å². The third kappa shape index (κ3) is 7.03. The molecule has 0 bridgehead atoms. The van der Waals surface area contributed by atoms with E-state index in [4.69, 9.17) is 13.6 Å². The fourth-order valence-electron chi connectivity index (χ4n) is 7.72. The zero-order chi connectivity index (χ0) is 33.7. The van der Waals surface area contributed by atoms with Gasteiger partial charge in [-0.3, -0.25) is 4.79 Å². The molecule has 3 saturated carbocycles. The molecule has 0 heterocycles. The van der Waals surface area contributed by atoms with Crippen molar-refractivity contribution in [3.8, 4) is 0 Å². The molecule has 44 heavy (non-hydrogen) atoms. The first-order valence-corrected chi connectivity index (χ1v) is 22.8. The number of rotatable bonds is 9. The van der Waals surface area contributed by atoms with Crippen molar-refractivity contribution >= 4 is 28.4 Å². The van der Waals surface area contributed by atoms with Gasteiger partial charge in [0.15, 0.2) is 22.4 Å². The van der Waals surface area contributed by atoms with Gasteiger partial charge < -0.3 is 18.7 Å². The summed E-state index contributed by atoms with van der Waals surface area (Å²) in [5.41, 5.74) is 1.29. The highest BCUT2D eigenvalue weighted by Crippen LogP contribution is 2.64. The van der Waals surface area contributed by atoms with Crippen molar-refractivity contribution in [2.45, 2.75) is 137 Å². The number of hydrogen-bond donors (Lipinski definition) is 1. The molecule has 0 amide bonds. The number of hydrogen-bond acceptors (Lipinski definition) is 6. The highest BCUT2D eigenvalue weighted by atomic mass is 28.4. The van der Waals surface area contributed by atoms with E-state index >= 15 is 0 Å². The molecule has 252 valence electrons. The topological polar surface area (TPSA) is 82.1 Å². The summed E-state index contributed by atoms with van der Waals surface area (Å²) in [6, 6.07) is 0. The molecule has 0 spiro atoms. The Bertz CT molecular complexity index is 1140. The number of aliphatic hydroxyl groups is 1. The van der Waals surface area contributed by atoms with E-state index in [1.54, 1.807) is 6.92 Å². The van der Waals surface area contributed by atoms with Crippen LogP contribution < -0.4 is 0 Å². The lowest BCUT2D eigenvalue weighted by Gasteiger charge is -2.57. The minimum Gasteiger partial charge on any atom is -0.502 e. The van der Waals surface area contributed by atoms with E-state index in [9.17, 15) is 14.7 Å². The van der Waals surface area contributed by atoms with Crippen LogP contribution in [0.2, 0.25) is 36.3 Å². The molecule has 3 rings (SSSR count). The quantitative estimate of drug-likeness (QED) is 0.0882. The minimum atomic E-state index is -2.09. The smallest absolute Gasteiger partial charge is 0.373 e. The number of ketones is 1. The van der Waals surface area contributed by atoms with Crippen LogP contribution in [0.3, 0.4) is 0 Å². The first kappa shape index (κ1) is 37.2. The number of aliphatic hydroxyl groups excluding tert-OH is 1. The Hall–Kier alpha value is -1.23. The maximum atomic E-state index is 13.7. The highest BCUT2D eigenvalue weighted by Gasteiger charge is 2.58. The van der Waals surface area contributed by atoms with Gasteiger partial charge in [0.05, 0.1) is 6.61 Å². The molecule has 0 radical (unpaired) electrons. The Balaban J connectivity index is 2.12. The predicted molar refractivity (Wildman–Crippen MR) is 185 cm³/mol. The van der Waals surface area contributed by atoms with Crippen molar-refractivity contribution in [2.75, 3.05) is 19.8 Å². The second-order valence-electron chi connectivity index (χ2n) is 17.7. The first-order chi connectivity index (χ1) is 19.9. The van der Waals surface area contributed by atoms with Gasteiger partial charge in [0.25, 0.3) is 0 Å². The summed E-state index contributed by atoms with van der Waals surface area (Å²) in [5.74, 6) is -0.561. The summed E-state index contributed by atoms with van der Waals surface area (Å²) >= 11 is 0. The number of ether oxygens (including phenoxy) is 1. The van der Waals surface area contributed by atoms with E-state index in [0.29, 0.717) is 25.6 Å². The molecule has 0 unspecified atom stereocenters. The monoisotopic (exact) mass is 648 g/mol. The maximum absolute atomic E-state index is 13.7. The zero-order valence-corrected chi connectivity index (χ0v) is 32.4. The van der Waals surface area contributed by atoms with Crippen LogP contribution in [0.15, 0.2) is 23.5 Å². The number of allylic oxidation sites excluding steroid dienone is 2. The third-order valence-corrected chi connectivity index (χ3v) is 22.1. The molecular formula is C36H64O6Si2. The third-order valence-electron chi connectivity index (χ3n) is 13.1. The predicted octanol–water partition coefficient (Wildman–Crippen LogP) is 9.39. The molecule has 8 heteroatoms. The molecule has 0 aliphatic heterocycles. The molecular weight excluding hydrogens is 585 g/mol. The van der Waals surface area contributed by atoms with Gasteiger partial charge >= 0.3 is 5.97 Å². The van der Waals surface area contributed by atoms with Crippen molar-refractivity contribution in [1.29, 1.82) is 0 Å². The first-order valence-electron chi connectivity index (χ1n) is 17.0. The van der Waals surface area contributed by atoms with E-state index in [2.05, 4.69) is 88.2 Å². The molecule has 6 atom stereocenters. The number of carbonyl (C=O) groups excluding carboxylic acids is 2. The van der Waals surface area contributed by atoms with E-state index in [0.717, 1.165) is 25.7 Å². The highest BCUT2D eigenvalue weighted by molar-refractivity contribution is 6.74. The number of Topliss-reactive ketones (excluding diaryl/α,β-unsaturated/α-hetero) is 1. The average Bonchev–Trinajstić information content (AvgIpc) is 3.20. The minimum absolute atomic E-state index is 0.0304. The lowest BCUT2D eigenvalue weighted by molar-refractivity contribution is -0.142. The summed E-state index contributed by atoms with van der Waals surface area (Å²) in [4.78, 5) is 26.4. The lowest BCUT2D eigenvalue weighted by Crippen LogP contribution is -2.54. The largest absolute Gasteiger partial charge is 0.502 e. The zero-order valence-electron chi connectivity index (χ0n) is 30.4. The van der Waals surface area contributed by atoms with Gasteiger partial charge in [-0.2, -0.15) is 0 Å². The molecule has 0 aromatic heterocycles. The van der Waals surface area contributed by atoms with Gasteiger partial charge in [0.1, 0.15) is 0 Å². The van der Waals surface area contributed by atoms with Gasteiger partial charge in [-0.1, -0.05) is 67.5 Å². The second-order valence-corrected chi connectivity index (χ2v) is 27.3. The molecule has 3 aliphatic rings. The molecule has 3 fully saturated rings. The molecule has 0 aromatic carbocycles. The normalized spacial score (nSPS) is 33.3. The van der Waals surface area contributed by atoms with Gasteiger partial charge in [-0.15, -0.1) is 0 Å². The van der Waals surface area contributed by atoms with Crippen LogP contribution >= 0.6 is 0 Å². The van der Waals surface area contributed by atoms with Crippen LogP contribution in [-0.2, 0) is 23.2 Å². The summed E-state index contributed by atoms with van der Waals surface area (Å²) in [6.45, 7) is 35.1. The Labute approximate surface area is 271 Å². The van der Waals surface area contributed by atoms with Crippen molar-refractivity contribution in [2.24, 2.45) is 34.5 Å². The van der Waals surface area contributed by atoms with Crippen LogP contribution in [0.4, 0.5) is 0 Å². The van der Waals surface area contributed by atoms with E-state index in [1.165, 1.54) is 5.57 Å². The standard InChI is InChI=1S/C36H64O6Si2/c1-15-40-32(39)31(38)26-21-36(10,25(20-30(26)37)22-41-43(11,12)33(3,4)5)29-18-19-35(9)24(2)16-17-28(35)27(29)23-42-44(13,14)34(6,7)8/h25,27-29,38H,2,15-23H2,1,3-14H3/b31-26+/t25-,27+,28+,29+,35-,36+/m1/s1. The molecule has 3 aliphatic carbocycles. The SMILES string of the molecule is C=C1CC[C@H]2[C@H](CO[Si](C)(C)C(C)(C)C)[C@@H]([C@@]3(C)C/C(=C(\O)C(=O)OCC)C(=O)C[C@@H]3CO[Si](C)(C)C(C)(C)C)CC[C@]12C. The number of carbonyl (C=O) groups is 2. The second kappa shape index (κ2) is 12.8. The fourth-order valence-corrected chi connectivity index (χ4v) is 9.81. The Morgan fingerprint density at radius 1 is 0.955 bits per heavy atom. The van der Waals surface area contributed by atoms with Crippen LogP contribution in [0.5, 0.6) is 0 Å². The van der Waals surface area contributed by atoms with Crippen molar-refractivity contribution in [3.05, 3.63) is 23.5 Å². The van der Waals surface area contributed by atoms with Gasteiger partial charge in [0, 0.05) is 25.2 Å². The van der Waals surface area contributed by atoms with Crippen LogP contribution in [0, 0.1) is 34.5 Å². The van der Waals surface area contributed by atoms with Crippen LogP contribution in [-0.4, -0.2) is 53.3 Å². The average molecular weight is 649 g/mol. The van der Waals surface area contributed by atoms with Gasteiger partial charge in [-0.25, -0.2) is 4.79 Å². The van der Waals surface area contributed by atoms with Crippen molar-refractivity contribution in [3.63, 3.8) is 0 Å². The van der Waals surface area contributed by atoms with Gasteiger partial charge in [-0.05, 0) is 110 Å². The Morgan fingerprint density at radius 3 is 2.02 bits per heavy atom. The van der Waals surface area contributed by atoms with Crippen molar-refractivity contribution in [1.82, 2.24) is 0 Å². The van der Waals surface area contributed by atoms with Gasteiger partial charge in [0.2, 0.25) is 5.76 Å². The summed E-state index contributed by atoms with van der Waals surface area (Å²) in [7, 11) is -4.12. The number of esters is 1.